The van der Waals surface area contributed by atoms with Gasteiger partial charge in [0.15, 0.2) is 0 Å². The largest absolute Gasteiger partial charge is 0.368 e. The maximum Gasteiger partial charge on any atom is 0.238 e. The summed E-state index contributed by atoms with van der Waals surface area (Å²) in [5, 5.41) is 3.07. The van der Waals surface area contributed by atoms with Gasteiger partial charge in [-0.25, -0.2) is 0 Å². The van der Waals surface area contributed by atoms with Crippen LogP contribution in [0.15, 0.2) is 23.8 Å². The fraction of sp³-hybridized carbons (Fsp3) is 0.545. The van der Waals surface area contributed by atoms with Gasteiger partial charge >= 0.3 is 0 Å². The highest BCUT2D eigenvalue weighted by molar-refractivity contribution is 5.83. The lowest BCUT2D eigenvalue weighted by atomic mass is 9.93. The minimum absolute atomic E-state index is 0.0653. The summed E-state index contributed by atoms with van der Waals surface area (Å²) in [5.74, 6) is -0.345. The molecule has 4 N–H and O–H groups in total. The fourth-order valence-corrected chi connectivity index (χ4v) is 1.70. The van der Waals surface area contributed by atoms with Crippen LogP contribution in [0.5, 0.6) is 0 Å². The summed E-state index contributed by atoms with van der Waals surface area (Å²) >= 11 is 0. The van der Waals surface area contributed by atoms with Crippen LogP contribution in [0.25, 0.3) is 0 Å². The van der Waals surface area contributed by atoms with Crippen molar-refractivity contribution < 1.29 is 9.63 Å². The molecule has 0 saturated heterocycles. The Morgan fingerprint density at radius 1 is 1.69 bits per heavy atom. The second-order valence-electron chi connectivity index (χ2n) is 3.88. The maximum atomic E-state index is 11.1. The Labute approximate surface area is 95.7 Å². The Hall–Kier alpha value is -1.17. The van der Waals surface area contributed by atoms with Gasteiger partial charge < -0.3 is 11.1 Å². The van der Waals surface area contributed by atoms with E-state index in [-0.39, 0.29) is 18.0 Å². The number of amides is 1. The van der Waals surface area contributed by atoms with Gasteiger partial charge in [-0.1, -0.05) is 11.6 Å². The van der Waals surface area contributed by atoms with Gasteiger partial charge in [0.05, 0.1) is 12.6 Å². The highest BCUT2D eigenvalue weighted by atomic mass is 16.6. The zero-order chi connectivity index (χ0) is 12.1. The van der Waals surface area contributed by atoms with Crippen LogP contribution in [0.4, 0.5) is 0 Å². The third-order valence-corrected chi connectivity index (χ3v) is 2.82. The molecule has 0 bridgehead atoms. The number of hydroxylamine groups is 1. The first-order valence-corrected chi connectivity index (χ1v) is 5.26. The van der Waals surface area contributed by atoms with Crippen LogP contribution in [-0.2, 0) is 9.63 Å². The number of hydrogen-bond acceptors (Lipinski definition) is 4. The number of carbonyl (C=O) groups excluding carboxylic acids is 1. The van der Waals surface area contributed by atoms with E-state index >= 15 is 0 Å². The minimum atomic E-state index is -0.363. The summed E-state index contributed by atoms with van der Waals surface area (Å²) in [6.45, 7) is 8.50. The molecule has 0 spiro atoms. The molecule has 0 radical (unpaired) electrons. The molecular formula is C11H19N3O2. The smallest absolute Gasteiger partial charge is 0.238 e. The molecule has 1 aliphatic heterocycles. The van der Waals surface area contributed by atoms with Crippen molar-refractivity contribution in [3.05, 3.63) is 23.8 Å². The van der Waals surface area contributed by atoms with E-state index in [9.17, 15) is 4.79 Å². The Bertz CT molecular complexity index is 312. The van der Waals surface area contributed by atoms with Crippen molar-refractivity contribution >= 4 is 5.91 Å². The summed E-state index contributed by atoms with van der Waals surface area (Å²) in [7, 11) is 0. The quantitative estimate of drug-likeness (QED) is 0.346. The standard InChI is InChI=1S/C11H19N3O2/c1-4-5-16-14-9-6-13-10(11(12)15)8(3)7(9)2/h4,9-10,13-14H,1,5-6H2,2-3H3,(H2,12,15)/t9-,10-/m0/s1. The predicted molar refractivity (Wildman–Crippen MR) is 62.4 cm³/mol. The van der Waals surface area contributed by atoms with E-state index in [0.717, 1.165) is 11.1 Å². The van der Waals surface area contributed by atoms with E-state index in [1.807, 2.05) is 13.8 Å². The lowest BCUT2D eigenvalue weighted by molar-refractivity contribution is -0.119. The van der Waals surface area contributed by atoms with E-state index < -0.39 is 0 Å². The number of nitrogens with two attached hydrogens (primary N) is 1. The molecule has 0 aromatic rings. The van der Waals surface area contributed by atoms with Gasteiger partial charge in [-0.05, 0) is 19.4 Å². The second kappa shape index (κ2) is 5.79. The molecule has 16 heavy (non-hydrogen) atoms. The predicted octanol–water partition coefficient (Wildman–Crippen LogP) is -0.144. The molecule has 5 nitrogen and oxygen atoms in total. The highest BCUT2D eigenvalue weighted by Gasteiger charge is 2.27. The van der Waals surface area contributed by atoms with Crippen molar-refractivity contribution in [1.29, 1.82) is 0 Å². The topological polar surface area (TPSA) is 76.4 Å². The van der Waals surface area contributed by atoms with Crippen LogP contribution in [0.2, 0.25) is 0 Å². The molecule has 1 heterocycles. The van der Waals surface area contributed by atoms with E-state index in [1.54, 1.807) is 6.08 Å². The van der Waals surface area contributed by atoms with Gasteiger partial charge in [0.25, 0.3) is 0 Å². The number of rotatable bonds is 5. The van der Waals surface area contributed by atoms with Gasteiger partial charge in [-0.15, -0.1) is 6.58 Å². The normalized spacial score (nSPS) is 25.6. The van der Waals surface area contributed by atoms with Crippen molar-refractivity contribution in [3.8, 4) is 0 Å². The fourth-order valence-electron chi connectivity index (χ4n) is 1.70. The Kier molecular flexibility index (Phi) is 4.67. The minimum Gasteiger partial charge on any atom is -0.368 e. The first-order valence-electron chi connectivity index (χ1n) is 5.26. The van der Waals surface area contributed by atoms with Gasteiger partial charge in [-0.2, -0.15) is 5.48 Å². The summed E-state index contributed by atoms with van der Waals surface area (Å²) in [4.78, 5) is 16.3. The molecule has 90 valence electrons. The zero-order valence-electron chi connectivity index (χ0n) is 9.75. The first-order chi connectivity index (χ1) is 7.57. The Balaban J connectivity index is 2.64. The molecule has 1 rings (SSSR count). The summed E-state index contributed by atoms with van der Waals surface area (Å²) in [6.07, 6.45) is 1.67. The van der Waals surface area contributed by atoms with Crippen LogP contribution in [-0.4, -0.2) is 31.1 Å². The number of primary amides is 1. The molecule has 1 aliphatic rings. The molecule has 0 aliphatic carbocycles. The number of carbonyl (C=O) groups is 1. The van der Waals surface area contributed by atoms with Crippen molar-refractivity contribution in [2.24, 2.45) is 5.73 Å². The molecule has 0 aromatic heterocycles. The molecule has 2 atom stereocenters. The van der Waals surface area contributed by atoms with Crippen LogP contribution < -0.4 is 16.5 Å². The van der Waals surface area contributed by atoms with Crippen molar-refractivity contribution in [1.82, 2.24) is 10.8 Å². The van der Waals surface area contributed by atoms with E-state index in [2.05, 4.69) is 17.4 Å². The summed E-state index contributed by atoms with van der Waals surface area (Å²) < 4.78 is 0. The lowest BCUT2D eigenvalue weighted by Crippen LogP contribution is -2.53. The zero-order valence-corrected chi connectivity index (χ0v) is 9.75. The first kappa shape index (κ1) is 12.9. The maximum absolute atomic E-state index is 11.1. The van der Waals surface area contributed by atoms with E-state index in [1.165, 1.54) is 0 Å². The van der Waals surface area contributed by atoms with Crippen LogP contribution in [0.3, 0.4) is 0 Å². The molecule has 1 amide bonds. The summed E-state index contributed by atoms with van der Waals surface area (Å²) in [5.41, 5.74) is 10.3. The monoisotopic (exact) mass is 225 g/mol. The molecule has 0 unspecified atom stereocenters. The third kappa shape index (κ3) is 2.91. The molecule has 0 fully saturated rings. The summed E-state index contributed by atoms with van der Waals surface area (Å²) in [6, 6.07) is -0.298. The van der Waals surface area contributed by atoms with Crippen molar-refractivity contribution in [2.75, 3.05) is 13.2 Å². The molecule has 5 heteroatoms. The van der Waals surface area contributed by atoms with Gasteiger partial charge in [0.1, 0.15) is 6.04 Å². The SMILES string of the molecule is C=CCON[C@H]1CN[C@H](C(N)=O)C(C)=C1C. The van der Waals surface area contributed by atoms with Crippen LogP contribution in [0, 0.1) is 0 Å². The highest BCUT2D eigenvalue weighted by Crippen LogP contribution is 2.16. The second-order valence-corrected chi connectivity index (χ2v) is 3.88. The average molecular weight is 225 g/mol. The number of nitrogens with one attached hydrogen (secondary N) is 2. The third-order valence-electron chi connectivity index (χ3n) is 2.82. The van der Waals surface area contributed by atoms with E-state index in [0.29, 0.717) is 13.2 Å². The van der Waals surface area contributed by atoms with Gasteiger partial charge in [-0.3, -0.25) is 9.63 Å². The number of hydrogen-bond donors (Lipinski definition) is 3. The van der Waals surface area contributed by atoms with Crippen molar-refractivity contribution in [2.45, 2.75) is 25.9 Å². The lowest BCUT2D eigenvalue weighted by Gasteiger charge is -2.31. The van der Waals surface area contributed by atoms with Gasteiger partial charge in [0, 0.05) is 6.54 Å². The molecule has 0 saturated carbocycles. The van der Waals surface area contributed by atoms with E-state index in [4.69, 9.17) is 10.6 Å². The average Bonchev–Trinajstić information content (AvgIpc) is 2.24. The molecular weight excluding hydrogens is 206 g/mol. The van der Waals surface area contributed by atoms with Gasteiger partial charge in [0.2, 0.25) is 5.91 Å². The Morgan fingerprint density at radius 3 is 2.94 bits per heavy atom. The Morgan fingerprint density at radius 2 is 2.38 bits per heavy atom. The van der Waals surface area contributed by atoms with Crippen LogP contribution in [0.1, 0.15) is 13.8 Å². The van der Waals surface area contributed by atoms with Crippen molar-refractivity contribution in [3.63, 3.8) is 0 Å². The van der Waals surface area contributed by atoms with Crippen LogP contribution >= 0.6 is 0 Å². The molecule has 0 aromatic carbocycles.